The molecule has 0 saturated carbocycles. The zero-order valence-corrected chi connectivity index (χ0v) is 20.4. The number of sulfonamides is 1. The van der Waals surface area contributed by atoms with E-state index < -0.39 is 10.0 Å². The van der Waals surface area contributed by atoms with Gasteiger partial charge in [-0.15, -0.1) is 0 Å². The number of carbonyl (C=O) groups excluding carboxylic acids is 1. The maximum absolute atomic E-state index is 13.5. The van der Waals surface area contributed by atoms with E-state index >= 15 is 0 Å². The molecular weight excluding hydrogens is 436 g/mol. The third-order valence-corrected chi connectivity index (χ3v) is 7.31. The molecule has 0 heterocycles. The molecule has 33 heavy (non-hydrogen) atoms. The molecule has 1 unspecified atom stereocenters. The molecule has 6 nitrogen and oxygen atoms in total. The molecule has 0 spiro atoms. The van der Waals surface area contributed by atoms with Crippen LogP contribution in [0.25, 0.3) is 0 Å². The summed E-state index contributed by atoms with van der Waals surface area (Å²) in [5.74, 6) is 0.163. The molecule has 0 aliphatic heterocycles. The maximum atomic E-state index is 13.5. The topological polar surface area (TPSA) is 75.7 Å². The second-order valence-electron chi connectivity index (χ2n) is 8.17. The molecule has 0 bridgehead atoms. The first kappa shape index (κ1) is 24.3. The molecular formula is C26H30N2O4S. The van der Waals surface area contributed by atoms with Crippen molar-refractivity contribution in [3.05, 3.63) is 89.0 Å². The van der Waals surface area contributed by atoms with Gasteiger partial charge in [-0.2, -0.15) is 0 Å². The van der Waals surface area contributed by atoms with Crippen LogP contribution in [0.3, 0.4) is 0 Å². The molecule has 0 aromatic heterocycles. The van der Waals surface area contributed by atoms with Gasteiger partial charge in [-0.05, 0) is 75.2 Å². The van der Waals surface area contributed by atoms with E-state index in [-0.39, 0.29) is 23.4 Å². The number of anilines is 1. The number of nitrogens with zero attached hydrogens (tertiary/aromatic N) is 1. The first-order valence-electron chi connectivity index (χ1n) is 10.7. The average molecular weight is 467 g/mol. The highest BCUT2D eigenvalue weighted by molar-refractivity contribution is 7.92. The first-order valence-corrected chi connectivity index (χ1v) is 12.2. The Morgan fingerprint density at radius 1 is 0.939 bits per heavy atom. The van der Waals surface area contributed by atoms with Crippen molar-refractivity contribution in [3.63, 3.8) is 0 Å². The summed E-state index contributed by atoms with van der Waals surface area (Å²) < 4.78 is 33.3. The van der Waals surface area contributed by atoms with Crippen LogP contribution in [-0.2, 0) is 14.8 Å². The van der Waals surface area contributed by atoms with Gasteiger partial charge in [-0.3, -0.25) is 9.10 Å². The Balaban J connectivity index is 1.89. The van der Waals surface area contributed by atoms with Gasteiger partial charge in [0.1, 0.15) is 12.3 Å². The fraction of sp³-hybridized carbons (Fsp3) is 0.269. The smallest absolute Gasteiger partial charge is 0.264 e. The summed E-state index contributed by atoms with van der Waals surface area (Å²) in [6.07, 6.45) is 0. The lowest BCUT2D eigenvalue weighted by Gasteiger charge is -2.25. The van der Waals surface area contributed by atoms with Crippen molar-refractivity contribution in [2.75, 3.05) is 18.0 Å². The van der Waals surface area contributed by atoms with E-state index in [2.05, 4.69) is 11.4 Å². The fourth-order valence-electron chi connectivity index (χ4n) is 3.71. The predicted molar refractivity (Wildman–Crippen MR) is 131 cm³/mol. The zero-order valence-electron chi connectivity index (χ0n) is 19.6. The summed E-state index contributed by atoms with van der Waals surface area (Å²) in [7, 11) is -2.47. The SMILES string of the molecule is COc1ccc(S(=O)(=O)N(CC(=O)NC(C)c2ccc(C)cc2C)c2ccc(C)cc2)cc1. The number of rotatable bonds is 8. The van der Waals surface area contributed by atoms with Crippen LogP contribution in [0.5, 0.6) is 5.75 Å². The number of carbonyl (C=O) groups is 1. The molecule has 0 aliphatic carbocycles. The minimum Gasteiger partial charge on any atom is -0.497 e. The number of ether oxygens (including phenoxy) is 1. The van der Waals surface area contributed by atoms with Crippen LogP contribution in [0.15, 0.2) is 71.6 Å². The third-order valence-electron chi connectivity index (χ3n) is 5.53. The first-order chi connectivity index (χ1) is 15.6. The van der Waals surface area contributed by atoms with Crippen LogP contribution in [0.4, 0.5) is 5.69 Å². The molecule has 1 N–H and O–H groups in total. The summed E-state index contributed by atoms with van der Waals surface area (Å²) in [5.41, 5.74) is 4.63. The van der Waals surface area contributed by atoms with E-state index in [4.69, 9.17) is 4.74 Å². The third kappa shape index (κ3) is 5.73. The molecule has 0 radical (unpaired) electrons. The Bertz CT molecular complexity index is 1220. The molecule has 1 amide bonds. The van der Waals surface area contributed by atoms with Crippen molar-refractivity contribution < 1.29 is 17.9 Å². The van der Waals surface area contributed by atoms with Crippen LogP contribution >= 0.6 is 0 Å². The summed E-state index contributed by atoms with van der Waals surface area (Å²) in [4.78, 5) is 13.1. The zero-order chi connectivity index (χ0) is 24.2. The number of methoxy groups -OCH3 is 1. The number of aryl methyl sites for hydroxylation is 3. The molecule has 3 rings (SSSR count). The van der Waals surface area contributed by atoms with E-state index in [9.17, 15) is 13.2 Å². The summed E-state index contributed by atoms with van der Waals surface area (Å²) in [5, 5.41) is 2.94. The highest BCUT2D eigenvalue weighted by Gasteiger charge is 2.28. The number of hydrogen-bond donors (Lipinski definition) is 1. The van der Waals surface area contributed by atoms with Crippen molar-refractivity contribution in [1.82, 2.24) is 5.32 Å². The molecule has 7 heteroatoms. The minimum atomic E-state index is -3.98. The van der Waals surface area contributed by atoms with Crippen LogP contribution in [0.2, 0.25) is 0 Å². The minimum absolute atomic E-state index is 0.0825. The lowest BCUT2D eigenvalue weighted by Crippen LogP contribution is -2.41. The Kier molecular flexibility index (Phi) is 7.43. The van der Waals surface area contributed by atoms with Gasteiger partial charge in [-0.25, -0.2) is 8.42 Å². The van der Waals surface area contributed by atoms with Crippen molar-refractivity contribution in [1.29, 1.82) is 0 Å². The standard InChI is InChI=1S/C26H30N2O4S/c1-18-6-9-22(10-7-18)28(33(30,31)24-13-11-23(32-5)12-14-24)17-26(29)27-21(4)25-15-8-19(2)16-20(25)3/h6-16,21H,17H2,1-5H3,(H,27,29). The molecule has 0 saturated heterocycles. The van der Waals surface area contributed by atoms with Gasteiger partial charge in [-0.1, -0.05) is 41.5 Å². The fourth-order valence-corrected chi connectivity index (χ4v) is 5.13. The molecule has 1 atom stereocenters. The summed E-state index contributed by atoms with van der Waals surface area (Å²) in [6.45, 7) is 7.49. The normalized spacial score (nSPS) is 12.2. The largest absolute Gasteiger partial charge is 0.497 e. The Labute approximate surface area is 196 Å². The van der Waals surface area contributed by atoms with Crippen LogP contribution in [-0.4, -0.2) is 28.0 Å². The van der Waals surface area contributed by atoms with Crippen molar-refractivity contribution in [3.8, 4) is 5.75 Å². The second-order valence-corrected chi connectivity index (χ2v) is 10.0. The average Bonchev–Trinajstić information content (AvgIpc) is 2.78. The molecule has 174 valence electrons. The van der Waals surface area contributed by atoms with Crippen LogP contribution in [0.1, 0.15) is 35.2 Å². The van der Waals surface area contributed by atoms with Gasteiger partial charge in [0.05, 0.1) is 23.7 Å². The van der Waals surface area contributed by atoms with Crippen LogP contribution in [0, 0.1) is 20.8 Å². The number of amides is 1. The van der Waals surface area contributed by atoms with Gasteiger partial charge < -0.3 is 10.1 Å². The number of benzene rings is 3. The van der Waals surface area contributed by atoms with E-state index in [1.165, 1.54) is 19.2 Å². The number of hydrogen-bond acceptors (Lipinski definition) is 4. The maximum Gasteiger partial charge on any atom is 0.264 e. The number of nitrogens with one attached hydrogen (secondary N) is 1. The molecule has 3 aromatic carbocycles. The van der Waals surface area contributed by atoms with Gasteiger partial charge in [0, 0.05) is 0 Å². The van der Waals surface area contributed by atoms with Crippen molar-refractivity contribution >= 4 is 21.6 Å². The highest BCUT2D eigenvalue weighted by Crippen LogP contribution is 2.26. The van der Waals surface area contributed by atoms with Gasteiger partial charge >= 0.3 is 0 Å². The van der Waals surface area contributed by atoms with Crippen LogP contribution < -0.4 is 14.4 Å². The summed E-state index contributed by atoms with van der Waals surface area (Å²) in [6, 6.07) is 19.0. The Morgan fingerprint density at radius 3 is 2.12 bits per heavy atom. The van der Waals surface area contributed by atoms with E-state index in [1.54, 1.807) is 24.3 Å². The molecule has 3 aromatic rings. The Hall–Kier alpha value is -3.32. The molecule has 0 fully saturated rings. The van der Waals surface area contributed by atoms with Crippen molar-refractivity contribution in [2.24, 2.45) is 0 Å². The second kappa shape index (κ2) is 10.1. The lowest BCUT2D eigenvalue weighted by atomic mass is 10.0. The molecule has 0 aliphatic rings. The van der Waals surface area contributed by atoms with E-state index in [0.717, 1.165) is 26.6 Å². The van der Waals surface area contributed by atoms with Gasteiger partial charge in [0.25, 0.3) is 10.0 Å². The van der Waals surface area contributed by atoms with E-state index in [1.807, 2.05) is 52.0 Å². The monoisotopic (exact) mass is 466 g/mol. The predicted octanol–water partition coefficient (Wildman–Crippen LogP) is 4.69. The highest BCUT2D eigenvalue weighted by atomic mass is 32.2. The Morgan fingerprint density at radius 2 is 1.55 bits per heavy atom. The van der Waals surface area contributed by atoms with Gasteiger partial charge in [0.15, 0.2) is 0 Å². The van der Waals surface area contributed by atoms with Crippen molar-refractivity contribution in [2.45, 2.75) is 38.6 Å². The summed E-state index contributed by atoms with van der Waals surface area (Å²) >= 11 is 0. The van der Waals surface area contributed by atoms with Gasteiger partial charge in [0.2, 0.25) is 5.91 Å². The lowest BCUT2D eigenvalue weighted by molar-refractivity contribution is -0.120. The van der Waals surface area contributed by atoms with E-state index in [0.29, 0.717) is 11.4 Å². The quantitative estimate of drug-likeness (QED) is 0.522.